The molecule has 2 aliphatic heterocycles. The standard InChI is InChI=1S/C16H28N2O4/c1-13(19)18-7-4-16(5-8-18)6-9-21-10-14(16)11-22-12-15(20)17(2)3/h14H,4-12H2,1-3H3/t14-/m1/s1. The summed E-state index contributed by atoms with van der Waals surface area (Å²) in [6.45, 7) is 5.43. The van der Waals surface area contributed by atoms with E-state index in [1.807, 2.05) is 4.90 Å². The second kappa shape index (κ2) is 7.42. The van der Waals surface area contributed by atoms with Gasteiger partial charge in [-0.25, -0.2) is 0 Å². The third kappa shape index (κ3) is 3.98. The SMILES string of the molecule is CC(=O)N1CCC2(CCOC[C@@H]2COCC(=O)N(C)C)CC1. The fourth-order valence-corrected chi connectivity index (χ4v) is 3.45. The molecule has 2 saturated heterocycles. The molecule has 1 atom stereocenters. The molecule has 6 nitrogen and oxygen atoms in total. The lowest BCUT2D eigenvalue weighted by molar-refractivity contribution is -0.142. The van der Waals surface area contributed by atoms with Gasteiger partial charge < -0.3 is 19.3 Å². The molecule has 2 heterocycles. The highest BCUT2D eigenvalue weighted by Gasteiger charge is 2.43. The van der Waals surface area contributed by atoms with Crippen LogP contribution < -0.4 is 0 Å². The van der Waals surface area contributed by atoms with Gasteiger partial charge in [0.15, 0.2) is 0 Å². The minimum Gasteiger partial charge on any atom is -0.381 e. The van der Waals surface area contributed by atoms with Gasteiger partial charge in [-0.2, -0.15) is 0 Å². The summed E-state index contributed by atoms with van der Waals surface area (Å²) in [7, 11) is 3.46. The van der Waals surface area contributed by atoms with Gasteiger partial charge in [-0.05, 0) is 24.7 Å². The molecule has 1 spiro atoms. The number of piperidine rings is 1. The summed E-state index contributed by atoms with van der Waals surface area (Å²) in [5, 5.41) is 0. The number of amides is 2. The smallest absolute Gasteiger partial charge is 0.248 e. The predicted molar refractivity (Wildman–Crippen MR) is 82.4 cm³/mol. The molecular formula is C16H28N2O4. The summed E-state index contributed by atoms with van der Waals surface area (Å²) in [4.78, 5) is 26.6. The molecule has 0 aliphatic carbocycles. The van der Waals surface area contributed by atoms with E-state index in [0.717, 1.165) is 39.0 Å². The van der Waals surface area contributed by atoms with Gasteiger partial charge in [0.1, 0.15) is 6.61 Å². The van der Waals surface area contributed by atoms with Gasteiger partial charge in [-0.3, -0.25) is 9.59 Å². The van der Waals surface area contributed by atoms with E-state index in [-0.39, 0.29) is 23.8 Å². The summed E-state index contributed by atoms with van der Waals surface area (Å²) in [5.41, 5.74) is 0.200. The normalized spacial score (nSPS) is 24.3. The third-order valence-corrected chi connectivity index (χ3v) is 5.18. The van der Waals surface area contributed by atoms with Crippen LogP contribution in [0.25, 0.3) is 0 Å². The zero-order valence-electron chi connectivity index (χ0n) is 14.0. The van der Waals surface area contributed by atoms with Gasteiger partial charge in [0.25, 0.3) is 0 Å². The zero-order chi connectivity index (χ0) is 16.2. The number of likely N-dealkylation sites (N-methyl/N-ethyl adjacent to an activating group) is 1. The zero-order valence-corrected chi connectivity index (χ0v) is 14.0. The van der Waals surface area contributed by atoms with Gasteiger partial charge in [-0.1, -0.05) is 0 Å². The summed E-state index contributed by atoms with van der Waals surface area (Å²) >= 11 is 0. The van der Waals surface area contributed by atoms with Crippen LogP contribution in [0.4, 0.5) is 0 Å². The van der Waals surface area contributed by atoms with E-state index in [4.69, 9.17) is 9.47 Å². The van der Waals surface area contributed by atoms with Crippen LogP contribution in [0, 0.1) is 11.3 Å². The Kier molecular flexibility index (Phi) is 5.81. The first-order chi connectivity index (χ1) is 10.4. The van der Waals surface area contributed by atoms with E-state index in [1.54, 1.807) is 25.9 Å². The van der Waals surface area contributed by atoms with Crippen molar-refractivity contribution in [3.63, 3.8) is 0 Å². The molecule has 0 aromatic rings. The molecule has 0 aromatic heterocycles. The topological polar surface area (TPSA) is 59.1 Å². The van der Waals surface area contributed by atoms with Crippen molar-refractivity contribution in [3.05, 3.63) is 0 Å². The Morgan fingerprint density at radius 2 is 1.95 bits per heavy atom. The minimum absolute atomic E-state index is 0.0165. The maximum absolute atomic E-state index is 11.6. The van der Waals surface area contributed by atoms with Crippen molar-refractivity contribution in [1.82, 2.24) is 9.80 Å². The first-order valence-electron chi connectivity index (χ1n) is 8.06. The van der Waals surface area contributed by atoms with Crippen molar-refractivity contribution in [2.24, 2.45) is 11.3 Å². The second-order valence-corrected chi connectivity index (χ2v) is 6.69. The number of hydrogen-bond donors (Lipinski definition) is 0. The van der Waals surface area contributed by atoms with Gasteiger partial charge in [0, 0.05) is 46.6 Å². The lowest BCUT2D eigenvalue weighted by Gasteiger charge is -2.48. The molecule has 2 amide bonds. The van der Waals surface area contributed by atoms with Crippen LogP contribution >= 0.6 is 0 Å². The Hall–Kier alpha value is -1.14. The Labute approximate surface area is 132 Å². The number of ether oxygens (including phenoxy) is 2. The van der Waals surface area contributed by atoms with E-state index in [2.05, 4.69) is 0 Å². The first kappa shape index (κ1) is 17.2. The summed E-state index contributed by atoms with van der Waals surface area (Å²) in [6, 6.07) is 0. The molecule has 2 rings (SSSR count). The van der Waals surface area contributed by atoms with Crippen LogP contribution in [0.1, 0.15) is 26.2 Å². The number of carbonyl (C=O) groups is 2. The van der Waals surface area contributed by atoms with Crippen LogP contribution in [-0.2, 0) is 19.1 Å². The summed E-state index contributed by atoms with van der Waals surface area (Å²) in [6.07, 6.45) is 3.03. The third-order valence-electron chi connectivity index (χ3n) is 5.18. The van der Waals surface area contributed by atoms with Crippen molar-refractivity contribution in [2.45, 2.75) is 26.2 Å². The molecule has 0 unspecified atom stereocenters. The van der Waals surface area contributed by atoms with Crippen molar-refractivity contribution in [3.8, 4) is 0 Å². The first-order valence-corrected chi connectivity index (χ1v) is 8.06. The van der Waals surface area contributed by atoms with E-state index >= 15 is 0 Å². The largest absolute Gasteiger partial charge is 0.381 e. The summed E-state index contributed by atoms with van der Waals surface area (Å²) < 4.78 is 11.3. The fraction of sp³-hybridized carbons (Fsp3) is 0.875. The maximum atomic E-state index is 11.6. The Balaban J connectivity index is 1.88. The molecule has 0 bridgehead atoms. The van der Waals surface area contributed by atoms with E-state index in [9.17, 15) is 9.59 Å². The van der Waals surface area contributed by atoms with Crippen LogP contribution in [0.2, 0.25) is 0 Å². The van der Waals surface area contributed by atoms with Crippen LogP contribution in [0.5, 0.6) is 0 Å². The molecule has 0 aromatic carbocycles. The highest BCUT2D eigenvalue weighted by molar-refractivity contribution is 5.76. The predicted octanol–water partition coefficient (Wildman–Crippen LogP) is 0.756. The average Bonchev–Trinajstić information content (AvgIpc) is 2.49. The monoisotopic (exact) mass is 312 g/mol. The summed E-state index contributed by atoms with van der Waals surface area (Å²) in [5.74, 6) is 0.453. The average molecular weight is 312 g/mol. The molecule has 126 valence electrons. The van der Waals surface area contributed by atoms with Gasteiger partial charge >= 0.3 is 0 Å². The molecule has 0 N–H and O–H groups in total. The minimum atomic E-state index is -0.0165. The van der Waals surface area contributed by atoms with E-state index < -0.39 is 0 Å². The Morgan fingerprint density at radius 3 is 2.55 bits per heavy atom. The van der Waals surface area contributed by atoms with Crippen molar-refractivity contribution in [2.75, 3.05) is 53.6 Å². The number of hydrogen-bond acceptors (Lipinski definition) is 4. The number of nitrogens with zero attached hydrogens (tertiary/aromatic N) is 2. The molecular weight excluding hydrogens is 284 g/mol. The molecule has 0 saturated carbocycles. The maximum Gasteiger partial charge on any atom is 0.248 e. The van der Waals surface area contributed by atoms with Gasteiger partial charge in [0.05, 0.1) is 13.2 Å². The van der Waals surface area contributed by atoms with Crippen molar-refractivity contribution >= 4 is 11.8 Å². The number of likely N-dealkylation sites (tertiary alicyclic amines) is 1. The number of rotatable bonds is 4. The quantitative estimate of drug-likeness (QED) is 0.769. The highest BCUT2D eigenvalue weighted by atomic mass is 16.5. The lowest BCUT2D eigenvalue weighted by Crippen LogP contribution is -2.50. The molecule has 0 radical (unpaired) electrons. The Bertz CT molecular complexity index is 403. The number of carbonyl (C=O) groups excluding carboxylic acids is 2. The molecule has 2 aliphatic rings. The molecule has 2 fully saturated rings. The van der Waals surface area contributed by atoms with Crippen molar-refractivity contribution < 1.29 is 19.1 Å². The van der Waals surface area contributed by atoms with Gasteiger partial charge in [0.2, 0.25) is 11.8 Å². The van der Waals surface area contributed by atoms with E-state index in [1.165, 1.54) is 0 Å². The highest BCUT2D eigenvalue weighted by Crippen LogP contribution is 2.44. The fourth-order valence-electron chi connectivity index (χ4n) is 3.45. The Morgan fingerprint density at radius 1 is 1.27 bits per heavy atom. The lowest BCUT2D eigenvalue weighted by atomic mass is 9.66. The molecule has 6 heteroatoms. The second-order valence-electron chi connectivity index (χ2n) is 6.69. The van der Waals surface area contributed by atoms with Crippen molar-refractivity contribution in [1.29, 1.82) is 0 Å². The van der Waals surface area contributed by atoms with Crippen LogP contribution in [0.15, 0.2) is 0 Å². The van der Waals surface area contributed by atoms with Gasteiger partial charge in [-0.15, -0.1) is 0 Å². The van der Waals surface area contributed by atoms with Crippen LogP contribution in [-0.4, -0.2) is 75.2 Å². The van der Waals surface area contributed by atoms with E-state index in [0.29, 0.717) is 19.1 Å². The van der Waals surface area contributed by atoms with Crippen LogP contribution in [0.3, 0.4) is 0 Å². The molecule has 22 heavy (non-hydrogen) atoms.